The van der Waals surface area contributed by atoms with Crippen molar-refractivity contribution < 1.29 is 9.53 Å². The topological polar surface area (TPSA) is 41.6 Å². The Balaban J connectivity index is 1.80. The van der Waals surface area contributed by atoms with Gasteiger partial charge >= 0.3 is 0 Å². The maximum Gasteiger partial charge on any atom is 0.226 e. The van der Waals surface area contributed by atoms with E-state index in [1.54, 1.807) is 0 Å². The van der Waals surface area contributed by atoms with Gasteiger partial charge in [0.05, 0.1) is 13.0 Å². The summed E-state index contributed by atoms with van der Waals surface area (Å²) in [6.07, 6.45) is 1.47. The van der Waals surface area contributed by atoms with Gasteiger partial charge in [0, 0.05) is 19.6 Å². The molecule has 0 aromatic heterocycles. The molecule has 2 rings (SSSR count). The van der Waals surface area contributed by atoms with Gasteiger partial charge in [-0.05, 0) is 44.0 Å². The third kappa shape index (κ3) is 3.51. The van der Waals surface area contributed by atoms with Crippen molar-refractivity contribution in [2.45, 2.75) is 32.7 Å². The van der Waals surface area contributed by atoms with Gasteiger partial charge in [-0.15, -0.1) is 0 Å². The van der Waals surface area contributed by atoms with Crippen molar-refractivity contribution in [1.82, 2.24) is 10.2 Å². The Labute approximate surface area is 121 Å². The van der Waals surface area contributed by atoms with Crippen LogP contribution in [-0.2, 0) is 4.79 Å². The van der Waals surface area contributed by atoms with Gasteiger partial charge in [0.25, 0.3) is 0 Å². The van der Waals surface area contributed by atoms with Crippen molar-refractivity contribution in [2.75, 3.05) is 26.7 Å². The molecule has 4 nitrogen and oxygen atoms in total. The number of hydrogen-bond donors (Lipinski definition) is 1. The summed E-state index contributed by atoms with van der Waals surface area (Å²) >= 11 is 0. The van der Waals surface area contributed by atoms with Gasteiger partial charge in [-0.25, -0.2) is 0 Å². The van der Waals surface area contributed by atoms with E-state index in [2.05, 4.69) is 18.3 Å². The van der Waals surface area contributed by atoms with Crippen LogP contribution in [0.25, 0.3) is 0 Å². The van der Waals surface area contributed by atoms with Gasteiger partial charge in [0.1, 0.15) is 5.75 Å². The first-order valence-corrected chi connectivity index (χ1v) is 7.25. The Bertz CT molecular complexity index is 468. The number of rotatable bonds is 5. The number of nitrogens with zero attached hydrogens (tertiary/aromatic N) is 1. The number of likely N-dealkylation sites (N-methyl/N-ethyl adjacent to an activating group) is 1. The fraction of sp³-hybridized carbons (Fsp3) is 0.562. The fourth-order valence-electron chi connectivity index (χ4n) is 2.48. The largest absolute Gasteiger partial charge is 0.493 e. The van der Waals surface area contributed by atoms with Crippen molar-refractivity contribution in [3.8, 4) is 5.75 Å². The van der Waals surface area contributed by atoms with Crippen LogP contribution in [0.1, 0.15) is 24.0 Å². The molecule has 0 bridgehead atoms. The average Bonchev–Trinajstić information content (AvgIpc) is 2.96. The molecule has 0 radical (unpaired) electrons. The fourth-order valence-corrected chi connectivity index (χ4v) is 2.48. The molecular weight excluding hydrogens is 252 g/mol. The Morgan fingerprint density at radius 1 is 1.45 bits per heavy atom. The summed E-state index contributed by atoms with van der Waals surface area (Å²) in [4.78, 5) is 13.9. The number of hydrogen-bond acceptors (Lipinski definition) is 3. The first-order chi connectivity index (χ1) is 9.59. The monoisotopic (exact) mass is 276 g/mol. The molecule has 1 amide bonds. The standard InChI is InChI=1S/C16H24N2O2/c1-12-5-4-6-15(13(12)2)20-10-8-16(19)18(3)14-7-9-17-11-14/h4-6,14,17H,7-11H2,1-3H3. The van der Waals surface area contributed by atoms with E-state index in [-0.39, 0.29) is 5.91 Å². The summed E-state index contributed by atoms with van der Waals surface area (Å²) in [5.74, 6) is 1.03. The normalized spacial score (nSPS) is 18.1. The first kappa shape index (κ1) is 14.9. The van der Waals surface area contributed by atoms with Gasteiger partial charge in [0.2, 0.25) is 5.91 Å². The third-order valence-corrected chi connectivity index (χ3v) is 4.10. The first-order valence-electron chi connectivity index (χ1n) is 7.25. The summed E-state index contributed by atoms with van der Waals surface area (Å²) in [6, 6.07) is 6.34. The number of carbonyl (C=O) groups excluding carboxylic acids is 1. The molecule has 1 fully saturated rings. The molecule has 4 heteroatoms. The highest BCUT2D eigenvalue weighted by Crippen LogP contribution is 2.20. The number of nitrogens with one attached hydrogen (secondary N) is 1. The second kappa shape index (κ2) is 6.75. The van der Waals surface area contributed by atoms with Crippen molar-refractivity contribution in [1.29, 1.82) is 0 Å². The van der Waals surface area contributed by atoms with Gasteiger partial charge in [-0.1, -0.05) is 12.1 Å². The summed E-state index contributed by atoms with van der Waals surface area (Å²) < 4.78 is 5.74. The Morgan fingerprint density at radius 2 is 2.25 bits per heavy atom. The molecule has 1 unspecified atom stereocenters. The van der Waals surface area contributed by atoms with Crippen molar-refractivity contribution >= 4 is 5.91 Å². The highest BCUT2D eigenvalue weighted by atomic mass is 16.5. The third-order valence-electron chi connectivity index (χ3n) is 4.10. The van der Waals surface area contributed by atoms with Crippen LogP contribution in [0.2, 0.25) is 0 Å². The lowest BCUT2D eigenvalue weighted by atomic mass is 10.1. The molecule has 1 atom stereocenters. The molecule has 1 aliphatic heterocycles. The molecule has 1 aromatic carbocycles. The molecule has 110 valence electrons. The van der Waals surface area contributed by atoms with Crippen LogP contribution in [0.5, 0.6) is 5.75 Å². The van der Waals surface area contributed by atoms with E-state index in [1.165, 1.54) is 5.56 Å². The van der Waals surface area contributed by atoms with Crippen molar-refractivity contribution in [3.05, 3.63) is 29.3 Å². The second-order valence-corrected chi connectivity index (χ2v) is 5.45. The maximum atomic E-state index is 12.1. The number of benzene rings is 1. The van der Waals surface area contributed by atoms with Crippen LogP contribution in [0.3, 0.4) is 0 Å². The Hall–Kier alpha value is -1.55. The highest BCUT2D eigenvalue weighted by molar-refractivity contribution is 5.76. The number of ether oxygens (including phenoxy) is 1. The molecule has 1 aromatic rings. The Morgan fingerprint density at radius 3 is 2.95 bits per heavy atom. The minimum atomic E-state index is 0.156. The van der Waals surface area contributed by atoms with Crippen LogP contribution >= 0.6 is 0 Å². The van der Waals surface area contributed by atoms with Crippen LogP contribution in [0.15, 0.2) is 18.2 Å². The zero-order valence-corrected chi connectivity index (χ0v) is 12.6. The van der Waals surface area contributed by atoms with Crippen LogP contribution < -0.4 is 10.1 Å². The molecular formula is C16H24N2O2. The van der Waals surface area contributed by atoms with Crippen molar-refractivity contribution in [2.24, 2.45) is 0 Å². The maximum absolute atomic E-state index is 12.1. The predicted octanol–water partition coefficient (Wildman–Crippen LogP) is 1.89. The molecule has 1 heterocycles. The van der Waals surface area contributed by atoms with E-state index in [4.69, 9.17) is 4.74 Å². The molecule has 0 aliphatic carbocycles. The average molecular weight is 276 g/mol. The van der Waals surface area contributed by atoms with Crippen LogP contribution in [0.4, 0.5) is 0 Å². The van der Waals surface area contributed by atoms with Gasteiger partial charge in [-0.3, -0.25) is 4.79 Å². The SMILES string of the molecule is Cc1cccc(OCCC(=O)N(C)C2CCNC2)c1C. The van der Waals surface area contributed by atoms with E-state index >= 15 is 0 Å². The van der Waals surface area contributed by atoms with E-state index in [9.17, 15) is 4.79 Å². The van der Waals surface area contributed by atoms with Gasteiger partial charge in [-0.2, -0.15) is 0 Å². The minimum absolute atomic E-state index is 0.156. The summed E-state index contributed by atoms with van der Waals surface area (Å²) in [7, 11) is 1.89. The molecule has 20 heavy (non-hydrogen) atoms. The zero-order chi connectivity index (χ0) is 14.5. The number of aryl methyl sites for hydroxylation is 1. The summed E-state index contributed by atoms with van der Waals surface area (Å²) in [5, 5.41) is 3.28. The Kier molecular flexibility index (Phi) is 5.01. The van der Waals surface area contributed by atoms with Gasteiger partial charge < -0.3 is 15.0 Å². The van der Waals surface area contributed by atoms with Gasteiger partial charge in [0.15, 0.2) is 0 Å². The lowest BCUT2D eigenvalue weighted by Crippen LogP contribution is -2.38. The quantitative estimate of drug-likeness (QED) is 0.893. The zero-order valence-electron chi connectivity index (χ0n) is 12.6. The van der Waals surface area contributed by atoms with Crippen LogP contribution in [-0.4, -0.2) is 43.6 Å². The highest BCUT2D eigenvalue weighted by Gasteiger charge is 2.22. The summed E-state index contributed by atoms with van der Waals surface area (Å²) in [6.45, 7) is 6.45. The lowest BCUT2D eigenvalue weighted by Gasteiger charge is -2.23. The minimum Gasteiger partial charge on any atom is -0.493 e. The molecule has 1 saturated heterocycles. The van der Waals surface area contributed by atoms with E-state index in [0.29, 0.717) is 19.1 Å². The smallest absolute Gasteiger partial charge is 0.226 e. The molecule has 1 aliphatic rings. The van der Waals surface area contributed by atoms with Crippen LogP contribution in [0, 0.1) is 13.8 Å². The lowest BCUT2D eigenvalue weighted by molar-refractivity contribution is -0.132. The number of amides is 1. The molecule has 0 saturated carbocycles. The second-order valence-electron chi connectivity index (χ2n) is 5.45. The van der Waals surface area contributed by atoms with Crippen molar-refractivity contribution in [3.63, 3.8) is 0 Å². The van der Waals surface area contributed by atoms with E-state index in [1.807, 2.05) is 31.0 Å². The predicted molar refractivity (Wildman–Crippen MR) is 80.1 cm³/mol. The van der Waals surface area contributed by atoms with E-state index in [0.717, 1.165) is 30.8 Å². The summed E-state index contributed by atoms with van der Waals surface area (Å²) in [5.41, 5.74) is 2.36. The number of carbonyl (C=O) groups is 1. The molecule has 0 spiro atoms. The van der Waals surface area contributed by atoms with E-state index < -0.39 is 0 Å². The molecule has 1 N–H and O–H groups in total.